The summed E-state index contributed by atoms with van der Waals surface area (Å²) in [5.74, 6) is -0.111. The van der Waals surface area contributed by atoms with Gasteiger partial charge in [-0.15, -0.1) is 0 Å². The Morgan fingerprint density at radius 2 is 1.95 bits per heavy atom. The van der Waals surface area contributed by atoms with E-state index in [-0.39, 0.29) is 5.91 Å². The molecule has 2 aromatic rings. The van der Waals surface area contributed by atoms with Gasteiger partial charge in [0.2, 0.25) is 5.91 Å². The molecular weight excluding hydrogens is 290 g/mol. The number of nitrogens with zero attached hydrogens (tertiary/aromatic N) is 1. The van der Waals surface area contributed by atoms with E-state index < -0.39 is 6.09 Å². The smallest absolute Gasteiger partial charge is 0.413 e. The predicted molar refractivity (Wildman–Crippen MR) is 82.5 cm³/mol. The number of benzene rings is 1. The van der Waals surface area contributed by atoms with Crippen molar-refractivity contribution in [2.45, 2.75) is 13.3 Å². The number of hydrogen-bond donors (Lipinski definition) is 2. The molecule has 110 valence electrons. The van der Waals surface area contributed by atoms with E-state index in [1.807, 2.05) is 30.3 Å². The lowest BCUT2D eigenvalue weighted by atomic mass is 10.2. The standard InChI is InChI=1S/C14H15N3O3S/c1-3-10(18)15-12-11(9-7-5-4-6-8-9)16-13(21-12)17-14(19)20-2/h4-8H,3H2,1-2H3,(H,15,18)(H,16,17,19). The van der Waals surface area contributed by atoms with E-state index in [4.69, 9.17) is 0 Å². The quantitative estimate of drug-likeness (QED) is 0.908. The topological polar surface area (TPSA) is 80.3 Å². The number of nitrogens with one attached hydrogen (secondary N) is 2. The Bertz CT molecular complexity index is 640. The second kappa shape index (κ2) is 6.85. The first-order valence-electron chi connectivity index (χ1n) is 6.35. The lowest BCUT2D eigenvalue weighted by molar-refractivity contribution is -0.115. The Balaban J connectivity index is 2.36. The van der Waals surface area contributed by atoms with Crippen LogP contribution >= 0.6 is 11.3 Å². The fourth-order valence-electron chi connectivity index (χ4n) is 1.60. The summed E-state index contributed by atoms with van der Waals surface area (Å²) in [6.45, 7) is 1.77. The molecule has 0 fully saturated rings. The highest BCUT2D eigenvalue weighted by Gasteiger charge is 2.16. The number of rotatable bonds is 4. The minimum atomic E-state index is -0.600. The van der Waals surface area contributed by atoms with Gasteiger partial charge in [-0.1, -0.05) is 48.6 Å². The summed E-state index contributed by atoms with van der Waals surface area (Å²) < 4.78 is 4.54. The number of methoxy groups -OCH3 is 1. The van der Waals surface area contributed by atoms with Crippen LogP contribution in [0.4, 0.5) is 14.9 Å². The van der Waals surface area contributed by atoms with Gasteiger partial charge in [-0.25, -0.2) is 9.78 Å². The summed E-state index contributed by atoms with van der Waals surface area (Å²) in [5, 5.41) is 6.27. The third-order valence-electron chi connectivity index (χ3n) is 2.64. The monoisotopic (exact) mass is 305 g/mol. The SMILES string of the molecule is CCC(=O)Nc1sc(NC(=O)OC)nc1-c1ccccc1. The van der Waals surface area contributed by atoms with Crippen LogP contribution in [0, 0.1) is 0 Å². The van der Waals surface area contributed by atoms with Crippen LogP contribution in [0.2, 0.25) is 0 Å². The number of anilines is 2. The van der Waals surface area contributed by atoms with Gasteiger partial charge in [0.15, 0.2) is 5.13 Å². The molecule has 1 heterocycles. The molecule has 1 aromatic carbocycles. The van der Waals surface area contributed by atoms with Crippen molar-refractivity contribution >= 4 is 33.5 Å². The van der Waals surface area contributed by atoms with Crippen LogP contribution in [0.5, 0.6) is 0 Å². The first-order valence-corrected chi connectivity index (χ1v) is 7.16. The molecule has 2 rings (SSSR count). The maximum Gasteiger partial charge on any atom is 0.413 e. The van der Waals surface area contributed by atoms with Crippen molar-refractivity contribution < 1.29 is 14.3 Å². The summed E-state index contributed by atoms with van der Waals surface area (Å²) in [4.78, 5) is 27.2. The van der Waals surface area contributed by atoms with Crippen LogP contribution in [0.3, 0.4) is 0 Å². The first kappa shape index (κ1) is 15.0. The molecule has 6 nitrogen and oxygen atoms in total. The molecule has 0 spiro atoms. The molecule has 0 aliphatic rings. The predicted octanol–water partition coefficient (Wildman–Crippen LogP) is 3.34. The molecule has 21 heavy (non-hydrogen) atoms. The van der Waals surface area contributed by atoms with Gasteiger partial charge in [0.1, 0.15) is 10.7 Å². The van der Waals surface area contributed by atoms with E-state index in [9.17, 15) is 9.59 Å². The summed E-state index contributed by atoms with van der Waals surface area (Å²) in [6.07, 6.45) is -0.233. The van der Waals surface area contributed by atoms with Gasteiger partial charge in [0, 0.05) is 12.0 Å². The average Bonchev–Trinajstić information content (AvgIpc) is 2.90. The Kier molecular flexibility index (Phi) is 4.89. The summed E-state index contributed by atoms with van der Waals surface area (Å²) in [6, 6.07) is 9.44. The molecule has 1 aromatic heterocycles. The molecule has 0 radical (unpaired) electrons. The largest absolute Gasteiger partial charge is 0.453 e. The number of ether oxygens (including phenoxy) is 1. The molecule has 0 unspecified atom stereocenters. The van der Waals surface area contributed by atoms with Crippen LogP contribution in [0.1, 0.15) is 13.3 Å². The highest BCUT2D eigenvalue weighted by Crippen LogP contribution is 2.35. The van der Waals surface area contributed by atoms with Crippen molar-refractivity contribution in [2.75, 3.05) is 17.7 Å². The minimum absolute atomic E-state index is 0.111. The second-order valence-electron chi connectivity index (χ2n) is 4.08. The van der Waals surface area contributed by atoms with Crippen molar-refractivity contribution in [1.82, 2.24) is 4.98 Å². The van der Waals surface area contributed by atoms with Gasteiger partial charge < -0.3 is 10.1 Å². The number of aromatic nitrogens is 1. The number of carbonyl (C=O) groups is 2. The zero-order chi connectivity index (χ0) is 15.2. The lowest BCUT2D eigenvalue weighted by Gasteiger charge is -2.03. The highest BCUT2D eigenvalue weighted by atomic mass is 32.1. The van der Waals surface area contributed by atoms with Gasteiger partial charge in [0.05, 0.1) is 7.11 Å². The molecule has 0 saturated heterocycles. The van der Waals surface area contributed by atoms with Crippen molar-refractivity contribution in [3.63, 3.8) is 0 Å². The maximum atomic E-state index is 11.6. The second-order valence-corrected chi connectivity index (χ2v) is 5.08. The molecule has 0 atom stereocenters. The van der Waals surface area contributed by atoms with E-state index in [1.165, 1.54) is 18.4 Å². The van der Waals surface area contributed by atoms with Crippen LogP contribution in [-0.2, 0) is 9.53 Å². The number of hydrogen-bond acceptors (Lipinski definition) is 5. The van der Waals surface area contributed by atoms with Crippen molar-refractivity contribution in [1.29, 1.82) is 0 Å². The summed E-state index contributed by atoms with van der Waals surface area (Å²) in [5.41, 5.74) is 1.48. The zero-order valence-corrected chi connectivity index (χ0v) is 12.5. The van der Waals surface area contributed by atoms with Crippen molar-refractivity contribution in [3.8, 4) is 11.3 Å². The number of carbonyl (C=O) groups excluding carboxylic acids is 2. The number of amides is 2. The molecule has 2 amide bonds. The minimum Gasteiger partial charge on any atom is -0.453 e. The Morgan fingerprint density at radius 1 is 1.24 bits per heavy atom. The van der Waals surface area contributed by atoms with E-state index in [1.54, 1.807) is 6.92 Å². The molecule has 0 aliphatic heterocycles. The fourth-order valence-corrected chi connectivity index (χ4v) is 2.49. The molecule has 2 N–H and O–H groups in total. The molecular formula is C14H15N3O3S. The van der Waals surface area contributed by atoms with Crippen LogP contribution in [0.15, 0.2) is 30.3 Å². The average molecular weight is 305 g/mol. The Morgan fingerprint density at radius 3 is 2.57 bits per heavy atom. The van der Waals surface area contributed by atoms with Crippen molar-refractivity contribution in [2.24, 2.45) is 0 Å². The van der Waals surface area contributed by atoms with E-state index >= 15 is 0 Å². The van der Waals surface area contributed by atoms with Gasteiger partial charge in [0.25, 0.3) is 0 Å². The summed E-state index contributed by atoms with van der Waals surface area (Å²) >= 11 is 1.19. The number of thiazole rings is 1. The summed E-state index contributed by atoms with van der Waals surface area (Å²) in [7, 11) is 1.28. The molecule has 0 saturated carbocycles. The van der Waals surface area contributed by atoms with Crippen molar-refractivity contribution in [3.05, 3.63) is 30.3 Å². The van der Waals surface area contributed by atoms with E-state index in [2.05, 4.69) is 20.4 Å². The normalized spacial score (nSPS) is 10.0. The van der Waals surface area contributed by atoms with Crippen LogP contribution < -0.4 is 10.6 Å². The van der Waals surface area contributed by atoms with Gasteiger partial charge in [-0.3, -0.25) is 10.1 Å². The lowest BCUT2D eigenvalue weighted by Crippen LogP contribution is -2.10. The maximum absolute atomic E-state index is 11.6. The third kappa shape index (κ3) is 3.79. The zero-order valence-electron chi connectivity index (χ0n) is 11.7. The molecule has 0 bridgehead atoms. The van der Waals surface area contributed by atoms with Gasteiger partial charge in [-0.2, -0.15) is 0 Å². The third-order valence-corrected chi connectivity index (χ3v) is 3.53. The fraction of sp³-hybridized carbons (Fsp3) is 0.214. The first-order chi connectivity index (χ1) is 10.1. The van der Waals surface area contributed by atoms with Crippen LogP contribution in [0.25, 0.3) is 11.3 Å². The van der Waals surface area contributed by atoms with E-state index in [0.717, 1.165) is 5.56 Å². The van der Waals surface area contributed by atoms with Crippen LogP contribution in [-0.4, -0.2) is 24.1 Å². The Labute approximate surface area is 126 Å². The van der Waals surface area contributed by atoms with Gasteiger partial charge in [-0.05, 0) is 0 Å². The Hall–Kier alpha value is -2.41. The van der Waals surface area contributed by atoms with E-state index in [0.29, 0.717) is 22.2 Å². The highest BCUT2D eigenvalue weighted by molar-refractivity contribution is 7.20. The molecule has 7 heteroatoms. The molecule has 0 aliphatic carbocycles. The van der Waals surface area contributed by atoms with Gasteiger partial charge >= 0.3 is 6.09 Å².